The highest BCUT2D eigenvalue weighted by Gasteiger charge is 2.49. The zero-order valence-electron chi connectivity index (χ0n) is 24.4. The fraction of sp³-hybridized carbons (Fsp3) is 0.406. The first-order chi connectivity index (χ1) is 19.5. The van der Waals surface area contributed by atoms with Crippen LogP contribution in [0.25, 0.3) is 6.08 Å². The number of phenols is 1. The number of fused-ring (bicyclic) bond motifs is 4. The number of Topliss-reactive ketones (excluding diaryl/α,β-unsaturated/α-hetero) is 1. The van der Waals surface area contributed by atoms with Crippen LogP contribution in [0.4, 0.5) is 11.4 Å². The summed E-state index contributed by atoms with van der Waals surface area (Å²) in [5.74, 6) is 6.65. The lowest BCUT2D eigenvalue weighted by Gasteiger charge is -2.45. The van der Waals surface area contributed by atoms with Crippen molar-refractivity contribution in [2.75, 3.05) is 49.8 Å². The molecule has 0 aromatic heterocycles. The summed E-state index contributed by atoms with van der Waals surface area (Å²) in [6, 6.07) is 5.59. The number of sulfonamides is 1. The monoisotopic (exact) mass is 576 g/mol. The molecule has 0 spiro atoms. The molecule has 2 aromatic rings. The Hall–Kier alpha value is -3.90. The maximum absolute atomic E-state index is 13.3. The van der Waals surface area contributed by atoms with Crippen LogP contribution in [0, 0.1) is 24.7 Å². The molecule has 5 rings (SSSR count). The second-order valence-corrected chi connectivity index (χ2v) is 12.9. The molecular formula is C32H36N2O6S. The zero-order chi connectivity index (χ0) is 29.7. The van der Waals surface area contributed by atoms with Crippen LogP contribution < -0.4 is 13.9 Å². The summed E-state index contributed by atoms with van der Waals surface area (Å²) in [6.07, 6.45) is 8.44. The third-order valence-corrected chi connectivity index (χ3v) is 9.93. The highest BCUT2D eigenvalue weighted by atomic mass is 32.2. The fourth-order valence-electron chi connectivity index (χ4n) is 6.73. The van der Waals surface area contributed by atoms with Crippen LogP contribution in [0.5, 0.6) is 11.5 Å². The van der Waals surface area contributed by atoms with Gasteiger partial charge in [0.25, 0.3) is 0 Å². The molecule has 0 saturated carbocycles. The van der Waals surface area contributed by atoms with E-state index in [9.17, 15) is 18.3 Å². The summed E-state index contributed by atoms with van der Waals surface area (Å²) in [4.78, 5) is 15.4. The number of phenolic OH excluding ortho intramolecular Hbond substituents is 1. The van der Waals surface area contributed by atoms with E-state index in [-0.39, 0.29) is 23.9 Å². The number of ether oxygens (including phenoxy) is 2. The predicted molar refractivity (Wildman–Crippen MR) is 161 cm³/mol. The molecule has 216 valence electrons. The lowest BCUT2D eigenvalue weighted by Crippen LogP contribution is -2.44. The highest BCUT2D eigenvalue weighted by molar-refractivity contribution is 7.92. The van der Waals surface area contributed by atoms with Crippen LogP contribution >= 0.6 is 0 Å². The standard InChI is InChI=1S/C32H36N2O6S/c1-7-8-23-20(2)25(18-26-24(23)13-15-34(26)41(6,37)38)33(3)16-14-32-19-27(35)29(40-5)17-22(32)11-9-21-10-12-28(39-4)31(36)30(21)32/h9-12,17-18,22,36H,13-16,19H2,1-6H3/t22-,32+/m0/s1. The molecule has 2 aliphatic carbocycles. The van der Waals surface area contributed by atoms with E-state index >= 15 is 0 Å². The molecule has 2 atom stereocenters. The van der Waals surface area contributed by atoms with Gasteiger partial charge in [0.15, 0.2) is 23.0 Å². The molecule has 0 unspecified atom stereocenters. The van der Waals surface area contributed by atoms with Gasteiger partial charge in [-0.2, -0.15) is 0 Å². The summed E-state index contributed by atoms with van der Waals surface area (Å²) in [6.45, 7) is 4.72. The largest absolute Gasteiger partial charge is 0.504 e. The number of nitrogens with zero attached hydrogens (tertiary/aromatic N) is 2. The van der Waals surface area contributed by atoms with Gasteiger partial charge in [-0.3, -0.25) is 9.10 Å². The second-order valence-electron chi connectivity index (χ2n) is 11.0. The average molecular weight is 577 g/mol. The normalized spacial score (nSPS) is 20.8. The number of hydrogen-bond acceptors (Lipinski definition) is 7. The molecule has 0 amide bonds. The maximum Gasteiger partial charge on any atom is 0.232 e. The molecule has 3 aliphatic rings. The van der Waals surface area contributed by atoms with E-state index in [1.807, 2.05) is 38.3 Å². The van der Waals surface area contributed by atoms with Crippen molar-refractivity contribution in [1.82, 2.24) is 0 Å². The first-order valence-electron chi connectivity index (χ1n) is 13.6. The smallest absolute Gasteiger partial charge is 0.232 e. The Morgan fingerprint density at radius 2 is 2.00 bits per heavy atom. The molecule has 1 heterocycles. The van der Waals surface area contributed by atoms with Crippen LogP contribution in [0.15, 0.2) is 36.1 Å². The number of hydrogen-bond donors (Lipinski definition) is 1. The van der Waals surface area contributed by atoms with E-state index in [2.05, 4.69) is 22.8 Å². The van der Waals surface area contributed by atoms with Gasteiger partial charge in [-0.1, -0.05) is 24.1 Å². The number of rotatable bonds is 7. The molecule has 9 heteroatoms. The fourth-order valence-corrected chi connectivity index (χ4v) is 7.67. The van der Waals surface area contributed by atoms with E-state index in [1.54, 1.807) is 13.0 Å². The van der Waals surface area contributed by atoms with Gasteiger partial charge in [0, 0.05) is 54.7 Å². The van der Waals surface area contributed by atoms with Crippen molar-refractivity contribution in [3.8, 4) is 23.3 Å². The van der Waals surface area contributed by atoms with Crippen molar-refractivity contribution in [3.05, 3.63) is 63.9 Å². The van der Waals surface area contributed by atoms with E-state index in [4.69, 9.17) is 9.47 Å². The zero-order valence-corrected chi connectivity index (χ0v) is 25.2. The molecular weight excluding hydrogens is 540 g/mol. The molecule has 0 saturated heterocycles. The second kappa shape index (κ2) is 10.5. The Kier molecular flexibility index (Phi) is 7.33. The number of carbonyl (C=O) groups is 1. The molecule has 0 fully saturated rings. The number of anilines is 2. The van der Waals surface area contributed by atoms with Crippen molar-refractivity contribution < 1.29 is 27.8 Å². The number of aromatic hydroxyl groups is 1. The number of benzene rings is 2. The maximum atomic E-state index is 13.3. The van der Waals surface area contributed by atoms with Gasteiger partial charge < -0.3 is 19.5 Å². The number of methoxy groups -OCH3 is 2. The van der Waals surface area contributed by atoms with E-state index < -0.39 is 15.4 Å². The molecule has 1 aliphatic heterocycles. The summed E-state index contributed by atoms with van der Waals surface area (Å²) in [7, 11) is 1.54. The topological polar surface area (TPSA) is 96.4 Å². The minimum Gasteiger partial charge on any atom is -0.504 e. The third kappa shape index (κ3) is 4.64. The Bertz CT molecular complexity index is 1660. The number of carbonyl (C=O) groups excluding carboxylic acids is 1. The highest BCUT2D eigenvalue weighted by Crippen LogP contribution is 2.54. The third-order valence-electron chi connectivity index (χ3n) is 8.75. The van der Waals surface area contributed by atoms with Gasteiger partial charge in [0.05, 0.1) is 26.2 Å². The van der Waals surface area contributed by atoms with Gasteiger partial charge in [-0.05, 0) is 61.6 Å². The molecule has 41 heavy (non-hydrogen) atoms. The Morgan fingerprint density at radius 3 is 2.66 bits per heavy atom. The molecule has 0 bridgehead atoms. The van der Waals surface area contributed by atoms with Crippen molar-refractivity contribution in [2.24, 2.45) is 5.92 Å². The summed E-state index contributed by atoms with van der Waals surface area (Å²) < 4.78 is 37.5. The Balaban J connectivity index is 1.59. The van der Waals surface area contributed by atoms with Crippen LogP contribution in [-0.2, 0) is 31.4 Å². The molecule has 2 aromatic carbocycles. The first kappa shape index (κ1) is 28.6. The Morgan fingerprint density at radius 1 is 1.24 bits per heavy atom. The minimum atomic E-state index is -3.44. The lowest BCUT2D eigenvalue weighted by molar-refractivity contribution is -0.121. The minimum absolute atomic E-state index is 0.0436. The van der Waals surface area contributed by atoms with Crippen LogP contribution in [0.2, 0.25) is 0 Å². The molecule has 1 N–H and O–H groups in total. The van der Waals surface area contributed by atoms with Crippen molar-refractivity contribution >= 4 is 33.3 Å². The van der Waals surface area contributed by atoms with Gasteiger partial charge in [0.2, 0.25) is 10.0 Å². The van der Waals surface area contributed by atoms with Crippen molar-refractivity contribution in [2.45, 2.75) is 38.5 Å². The van der Waals surface area contributed by atoms with Gasteiger partial charge in [-0.25, -0.2) is 8.42 Å². The summed E-state index contributed by atoms with van der Waals surface area (Å²) in [5.41, 5.74) is 5.17. The van der Waals surface area contributed by atoms with Crippen LogP contribution in [0.3, 0.4) is 0 Å². The van der Waals surface area contributed by atoms with Crippen LogP contribution in [0.1, 0.15) is 47.6 Å². The predicted octanol–water partition coefficient (Wildman–Crippen LogP) is 4.31. The van der Waals surface area contributed by atoms with Crippen LogP contribution in [-0.4, -0.2) is 59.9 Å². The molecule has 0 radical (unpaired) electrons. The van der Waals surface area contributed by atoms with Gasteiger partial charge >= 0.3 is 0 Å². The Labute approximate surface area is 242 Å². The van der Waals surface area contributed by atoms with E-state index in [0.717, 1.165) is 27.9 Å². The lowest BCUT2D eigenvalue weighted by atomic mass is 9.59. The average Bonchev–Trinajstić information content (AvgIpc) is 3.37. The SMILES string of the molecule is CC#Cc1c(C)c(N(C)CC[C@@]23CC(=O)C(OC)=C[C@@H]2C=Cc2ccc(OC)c(O)c23)cc2c1CCN2S(C)(=O)=O. The number of ketones is 1. The quantitative estimate of drug-likeness (QED) is 0.491. The summed E-state index contributed by atoms with van der Waals surface area (Å²) in [5, 5.41) is 11.4. The summed E-state index contributed by atoms with van der Waals surface area (Å²) >= 11 is 0. The molecule has 8 nitrogen and oxygen atoms in total. The van der Waals surface area contributed by atoms with E-state index in [0.29, 0.717) is 48.7 Å². The van der Waals surface area contributed by atoms with Gasteiger partial charge in [0.1, 0.15) is 0 Å². The van der Waals surface area contributed by atoms with E-state index in [1.165, 1.54) is 24.8 Å². The van der Waals surface area contributed by atoms with Gasteiger partial charge in [-0.15, -0.1) is 5.92 Å². The van der Waals surface area contributed by atoms with Crippen molar-refractivity contribution in [1.29, 1.82) is 0 Å². The number of allylic oxidation sites excluding steroid dienone is 3. The first-order valence-corrected chi connectivity index (χ1v) is 15.5. The van der Waals surface area contributed by atoms with Crippen molar-refractivity contribution in [3.63, 3.8) is 0 Å².